The molecule has 0 saturated carbocycles. The number of halogens is 1. The Kier molecular flexibility index (Phi) is 7.26. The minimum absolute atomic E-state index is 0.0724. The standard InChI is InChI=1S/C32H28FN5O4/c1-20(22-7-10-25(33)11-8-22)28(39)17-21-3-5-23(6-4-21)24-9-14-30-35-31(36-38(30)19-24)34-27-13-12-26(18-29(27)41-2)37-15-16-42-32(37)40/h3-14,18-20H,15-17H2,1-2H3,(H,34,36). The Balaban J connectivity index is 1.15. The fourth-order valence-electron chi connectivity index (χ4n) is 4.91. The van der Waals surface area contributed by atoms with E-state index in [0.717, 1.165) is 22.3 Å². The number of carbonyl (C=O) groups excluding carboxylic acids is 2. The molecule has 10 heteroatoms. The molecule has 42 heavy (non-hydrogen) atoms. The van der Waals surface area contributed by atoms with Gasteiger partial charge in [-0.25, -0.2) is 13.7 Å². The number of nitrogens with zero attached hydrogens (tertiary/aromatic N) is 4. The second-order valence-electron chi connectivity index (χ2n) is 10.0. The normalized spacial score (nSPS) is 13.7. The van der Waals surface area contributed by atoms with Gasteiger partial charge in [0.25, 0.3) is 0 Å². The Morgan fingerprint density at radius 2 is 1.81 bits per heavy atom. The summed E-state index contributed by atoms with van der Waals surface area (Å²) in [7, 11) is 1.56. The number of carbonyl (C=O) groups is 2. The molecule has 5 aromatic rings. The highest BCUT2D eigenvalue weighted by molar-refractivity contribution is 5.90. The van der Waals surface area contributed by atoms with Crippen molar-refractivity contribution in [3.05, 3.63) is 102 Å². The molecule has 1 atom stereocenters. The van der Waals surface area contributed by atoms with Crippen molar-refractivity contribution in [3.63, 3.8) is 0 Å². The lowest BCUT2D eigenvalue weighted by Crippen LogP contribution is -2.23. The number of fused-ring (bicyclic) bond motifs is 1. The van der Waals surface area contributed by atoms with E-state index < -0.39 is 0 Å². The van der Waals surface area contributed by atoms with Gasteiger partial charge in [-0.1, -0.05) is 43.3 Å². The molecule has 3 heterocycles. The average molecular weight is 566 g/mol. The minimum atomic E-state index is -0.379. The van der Waals surface area contributed by atoms with Crippen molar-refractivity contribution < 1.29 is 23.5 Å². The zero-order valence-electron chi connectivity index (χ0n) is 23.1. The van der Waals surface area contributed by atoms with Crippen molar-refractivity contribution in [1.29, 1.82) is 0 Å². The van der Waals surface area contributed by atoms with Crippen molar-refractivity contribution in [3.8, 4) is 16.9 Å². The maximum atomic E-state index is 13.2. The molecule has 3 aromatic carbocycles. The number of hydrogen-bond donors (Lipinski definition) is 1. The monoisotopic (exact) mass is 565 g/mol. The van der Waals surface area contributed by atoms with Gasteiger partial charge in [0.2, 0.25) is 5.95 Å². The van der Waals surface area contributed by atoms with Crippen LogP contribution in [0.25, 0.3) is 16.8 Å². The first-order chi connectivity index (χ1) is 20.4. The molecule has 1 unspecified atom stereocenters. The number of methoxy groups -OCH3 is 1. The highest BCUT2D eigenvalue weighted by Crippen LogP contribution is 2.33. The first kappa shape index (κ1) is 26.9. The summed E-state index contributed by atoms with van der Waals surface area (Å²) in [4.78, 5) is 30.9. The molecule has 212 valence electrons. The summed E-state index contributed by atoms with van der Waals surface area (Å²) >= 11 is 0. The highest BCUT2D eigenvalue weighted by Gasteiger charge is 2.24. The van der Waals surface area contributed by atoms with E-state index in [4.69, 9.17) is 9.47 Å². The summed E-state index contributed by atoms with van der Waals surface area (Å²) in [6, 6.07) is 23.2. The van der Waals surface area contributed by atoms with Crippen molar-refractivity contribution in [1.82, 2.24) is 14.6 Å². The van der Waals surface area contributed by atoms with E-state index in [1.54, 1.807) is 34.7 Å². The zero-order valence-corrected chi connectivity index (χ0v) is 23.1. The van der Waals surface area contributed by atoms with Gasteiger partial charge in [-0.05, 0) is 53.1 Å². The van der Waals surface area contributed by atoms with Crippen molar-refractivity contribution >= 4 is 34.8 Å². The van der Waals surface area contributed by atoms with Crippen LogP contribution in [0, 0.1) is 5.82 Å². The molecule has 0 aliphatic carbocycles. The predicted molar refractivity (Wildman–Crippen MR) is 157 cm³/mol. The molecule has 1 aliphatic heterocycles. The van der Waals surface area contributed by atoms with Gasteiger partial charge in [-0.2, -0.15) is 4.98 Å². The molecule has 0 radical (unpaired) electrons. The summed E-state index contributed by atoms with van der Waals surface area (Å²) in [5.74, 6) is 0.373. The molecule has 2 aromatic heterocycles. The fourth-order valence-corrected chi connectivity index (χ4v) is 4.91. The molecule has 1 N–H and O–H groups in total. The predicted octanol–water partition coefficient (Wildman–Crippen LogP) is 6.16. The van der Waals surface area contributed by atoms with E-state index in [1.807, 2.05) is 61.7 Å². The number of nitrogens with one attached hydrogen (secondary N) is 1. The maximum absolute atomic E-state index is 13.2. The number of rotatable bonds is 9. The number of pyridine rings is 1. The lowest BCUT2D eigenvalue weighted by atomic mass is 9.92. The van der Waals surface area contributed by atoms with Crippen LogP contribution in [0.5, 0.6) is 5.75 Å². The van der Waals surface area contributed by atoms with Gasteiger partial charge in [-0.15, -0.1) is 5.10 Å². The molecule has 1 aliphatic rings. The summed E-state index contributed by atoms with van der Waals surface area (Å²) in [5, 5.41) is 7.78. The summed E-state index contributed by atoms with van der Waals surface area (Å²) in [5.41, 5.74) is 5.63. The number of ether oxygens (including phenoxy) is 2. The second kappa shape index (κ2) is 11.3. The van der Waals surface area contributed by atoms with Crippen molar-refractivity contribution in [2.24, 2.45) is 0 Å². The molecule has 6 rings (SSSR count). The van der Waals surface area contributed by atoms with Crippen molar-refractivity contribution in [2.75, 3.05) is 30.5 Å². The van der Waals surface area contributed by atoms with E-state index in [9.17, 15) is 14.0 Å². The van der Waals surface area contributed by atoms with E-state index in [0.29, 0.717) is 48.3 Å². The Hall–Kier alpha value is -5.25. The van der Waals surface area contributed by atoms with E-state index >= 15 is 0 Å². The van der Waals surface area contributed by atoms with Crippen LogP contribution in [0.2, 0.25) is 0 Å². The number of benzene rings is 3. The number of hydrogen-bond acceptors (Lipinski definition) is 7. The van der Waals surface area contributed by atoms with Crippen LogP contribution >= 0.6 is 0 Å². The van der Waals surface area contributed by atoms with Gasteiger partial charge in [0.1, 0.15) is 24.0 Å². The number of ketones is 1. The first-order valence-corrected chi connectivity index (χ1v) is 13.5. The summed E-state index contributed by atoms with van der Waals surface area (Å²) in [6.45, 7) is 2.69. The van der Waals surface area contributed by atoms with Crippen LogP contribution in [0.3, 0.4) is 0 Å². The SMILES string of the molecule is COc1cc(N2CCOC2=O)ccc1Nc1nc2ccc(-c3ccc(CC(=O)C(C)c4ccc(F)cc4)cc3)cn2n1. The number of anilines is 3. The number of Topliss-reactive ketones (excluding diaryl/α,β-unsaturated/α-hetero) is 1. The topological polar surface area (TPSA) is 98.1 Å². The van der Waals surface area contributed by atoms with E-state index in [2.05, 4.69) is 15.4 Å². The molecule has 9 nitrogen and oxygen atoms in total. The average Bonchev–Trinajstić information content (AvgIpc) is 3.62. The zero-order chi connectivity index (χ0) is 29.2. The van der Waals surface area contributed by atoms with Crippen LogP contribution in [0.15, 0.2) is 85.1 Å². The smallest absolute Gasteiger partial charge is 0.414 e. The van der Waals surface area contributed by atoms with Crippen molar-refractivity contribution in [2.45, 2.75) is 19.3 Å². The van der Waals surface area contributed by atoms with Gasteiger partial charge in [-0.3, -0.25) is 9.69 Å². The number of cyclic esters (lactones) is 1. The van der Waals surface area contributed by atoms with Gasteiger partial charge in [0.15, 0.2) is 5.65 Å². The van der Waals surface area contributed by atoms with Crippen LogP contribution in [-0.2, 0) is 16.0 Å². The Bertz CT molecular complexity index is 1770. The first-order valence-electron chi connectivity index (χ1n) is 13.5. The Morgan fingerprint density at radius 3 is 2.52 bits per heavy atom. The molecule has 1 fully saturated rings. The third-order valence-corrected chi connectivity index (χ3v) is 7.35. The lowest BCUT2D eigenvalue weighted by molar-refractivity contribution is -0.119. The minimum Gasteiger partial charge on any atom is -0.494 e. The molecular weight excluding hydrogens is 537 g/mol. The third-order valence-electron chi connectivity index (χ3n) is 7.35. The fraction of sp³-hybridized carbons (Fsp3) is 0.188. The van der Waals surface area contributed by atoms with E-state index in [1.165, 1.54) is 12.1 Å². The van der Waals surface area contributed by atoms with Gasteiger partial charge < -0.3 is 14.8 Å². The third kappa shape index (κ3) is 5.51. The largest absolute Gasteiger partial charge is 0.494 e. The second-order valence-corrected chi connectivity index (χ2v) is 10.0. The Labute approximate surface area is 241 Å². The van der Waals surface area contributed by atoms with E-state index in [-0.39, 0.29) is 23.6 Å². The number of amides is 1. The molecule has 0 spiro atoms. The summed E-state index contributed by atoms with van der Waals surface area (Å²) < 4.78 is 25.5. The van der Waals surface area contributed by atoms with Gasteiger partial charge >= 0.3 is 6.09 Å². The Morgan fingerprint density at radius 1 is 1.05 bits per heavy atom. The molecule has 1 amide bonds. The molecular formula is C32H28FN5O4. The van der Waals surface area contributed by atoms with Gasteiger partial charge in [0.05, 0.1) is 25.0 Å². The van der Waals surface area contributed by atoms with Crippen LogP contribution in [0.1, 0.15) is 24.0 Å². The number of aromatic nitrogens is 3. The molecule has 1 saturated heterocycles. The quantitative estimate of drug-likeness (QED) is 0.229. The highest BCUT2D eigenvalue weighted by atomic mass is 19.1. The van der Waals surface area contributed by atoms with Crippen LogP contribution in [-0.4, -0.2) is 46.7 Å². The summed E-state index contributed by atoms with van der Waals surface area (Å²) in [6.07, 6.45) is 1.81. The van der Waals surface area contributed by atoms with Crippen LogP contribution in [0.4, 0.5) is 26.5 Å². The van der Waals surface area contributed by atoms with Gasteiger partial charge in [0, 0.05) is 30.2 Å². The lowest BCUT2D eigenvalue weighted by Gasteiger charge is -2.16. The molecule has 0 bridgehead atoms. The maximum Gasteiger partial charge on any atom is 0.414 e. The van der Waals surface area contributed by atoms with Crippen LogP contribution < -0.4 is 15.0 Å².